The van der Waals surface area contributed by atoms with Crippen LogP contribution in [0.4, 0.5) is 0 Å². The molecule has 2 aliphatic rings. The molecule has 7 nitrogen and oxygen atoms in total. The summed E-state index contributed by atoms with van der Waals surface area (Å²) in [6, 6.07) is 4.86. The Hall–Kier alpha value is -3.14. The summed E-state index contributed by atoms with van der Waals surface area (Å²) in [5.74, 6) is 6.53. The number of ketones is 1. The zero-order valence-electron chi connectivity index (χ0n) is 17.2. The highest BCUT2D eigenvalue weighted by molar-refractivity contribution is 6.00. The molecule has 1 atom stereocenters. The average molecular weight is 407 g/mol. The van der Waals surface area contributed by atoms with Crippen molar-refractivity contribution in [1.82, 2.24) is 14.5 Å². The van der Waals surface area contributed by atoms with Crippen LogP contribution < -0.4 is 11.0 Å². The summed E-state index contributed by atoms with van der Waals surface area (Å²) in [5, 5.41) is 2.32. The van der Waals surface area contributed by atoms with Gasteiger partial charge in [0.05, 0.1) is 11.0 Å². The minimum Gasteiger partial charge on any atom is -0.300 e. The number of amides is 2. The Morgan fingerprint density at radius 3 is 2.47 bits per heavy atom. The van der Waals surface area contributed by atoms with Crippen LogP contribution in [0.1, 0.15) is 57.1 Å². The molecule has 2 aromatic rings. The van der Waals surface area contributed by atoms with E-state index in [1.165, 1.54) is 9.13 Å². The molecule has 0 bridgehead atoms. The number of nitrogens with one attached hydrogen (secondary N) is 1. The van der Waals surface area contributed by atoms with E-state index >= 15 is 0 Å². The van der Waals surface area contributed by atoms with Gasteiger partial charge in [-0.05, 0) is 57.2 Å². The third-order valence-corrected chi connectivity index (χ3v) is 6.33. The van der Waals surface area contributed by atoms with E-state index in [0.29, 0.717) is 17.5 Å². The summed E-state index contributed by atoms with van der Waals surface area (Å²) >= 11 is 0. The van der Waals surface area contributed by atoms with Crippen LogP contribution in [0.15, 0.2) is 23.0 Å². The van der Waals surface area contributed by atoms with Gasteiger partial charge in [-0.15, -0.1) is 0 Å². The molecule has 7 heteroatoms. The van der Waals surface area contributed by atoms with Crippen LogP contribution in [0.2, 0.25) is 0 Å². The third kappa shape index (κ3) is 3.70. The molecule has 30 heavy (non-hydrogen) atoms. The van der Waals surface area contributed by atoms with E-state index in [9.17, 15) is 19.2 Å². The lowest BCUT2D eigenvalue weighted by molar-refractivity contribution is -0.135. The van der Waals surface area contributed by atoms with Gasteiger partial charge in [-0.3, -0.25) is 28.8 Å². The molecule has 1 aromatic heterocycles. The Kier molecular flexibility index (Phi) is 5.33. The molecule has 2 fully saturated rings. The van der Waals surface area contributed by atoms with Gasteiger partial charge in [-0.25, -0.2) is 4.79 Å². The van der Waals surface area contributed by atoms with Gasteiger partial charge in [0.1, 0.15) is 11.8 Å². The minimum atomic E-state index is -0.688. The zero-order chi connectivity index (χ0) is 21.4. The maximum Gasteiger partial charge on any atom is 0.329 e. The number of aryl methyl sites for hydroxylation is 1. The molecule has 2 amide bonds. The van der Waals surface area contributed by atoms with Crippen LogP contribution >= 0.6 is 0 Å². The molecule has 1 aromatic carbocycles. The Bertz CT molecular complexity index is 1150. The molecular formula is C23H25N3O4. The number of carbonyl (C=O) groups is 3. The topological polar surface area (TPSA) is 90.2 Å². The molecule has 0 radical (unpaired) electrons. The smallest absolute Gasteiger partial charge is 0.300 e. The summed E-state index contributed by atoms with van der Waals surface area (Å²) in [5.41, 5.74) is 1.89. The Balaban J connectivity index is 1.60. The predicted molar refractivity (Wildman–Crippen MR) is 112 cm³/mol. The second kappa shape index (κ2) is 7.94. The number of carbonyl (C=O) groups excluding carboxylic acids is 3. The van der Waals surface area contributed by atoms with E-state index in [0.717, 1.165) is 31.2 Å². The molecule has 1 aliphatic carbocycles. The lowest BCUT2D eigenvalue weighted by Crippen LogP contribution is -2.44. The highest BCUT2D eigenvalue weighted by Gasteiger charge is 2.31. The van der Waals surface area contributed by atoms with Crippen molar-refractivity contribution in [2.75, 3.05) is 0 Å². The molecule has 1 saturated heterocycles. The molecule has 1 N–H and O–H groups in total. The molecule has 1 saturated carbocycles. The van der Waals surface area contributed by atoms with E-state index in [1.54, 1.807) is 14.0 Å². The average Bonchev–Trinajstić information content (AvgIpc) is 2.97. The van der Waals surface area contributed by atoms with Crippen molar-refractivity contribution in [2.45, 2.75) is 51.5 Å². The first kappa shape index (κ1) is 20.1. The van der Waals surface area contributed by atoms with Crippen LogP contribution in [0.25, 0.3) is 11.0 Å². The van der Waals surface area contributed by atoms with Crippen LogP contribution in [0, 0.1) is 23.7 Å². The highest BCUT2D eigenvalue weighted by atomic mass is 16.2. The van der Waals surface area contributed by atoms with Crippen molar-refractivity contribution in [3.05, 3.63) is 34.2 Å². The Morgan fingerprint density at radius 1 is 1.07 bits per heavy atom. The Labute approximate surface area is 174 Å². The van der Waals surface area contributed by atoms with Gasteiger partial charge in [-0.2, -0.15) is 0 Å². The molecule has 1 aliphatic heterocycles. The van der Waals surface area contributed by atoms with Crippen LogP contribution in [-0.2, 0) is 21.4 Å². The summed E-state index contributed by atoms with van der Waals surface area (Å²) in [6.07, 6.45) is 4.20. The predicted octanol–water partition coefficient (Wildman–Crippen LogP) is 2.06. The first-order valence-electron chi connectivity index (χ1n) is 10.4. The number of rotatable bonds is 2. The van der Waals surface area contributed by atoms with Crippen molar-refractivity contribution in [3.63, 3.8) is 0 Å². The van der Waals surface area contributed by atoms with E-state index < -0.39 is 11.9 Å². The van der Waals surface area contributed by atoms with Gasteiger partial charge < -0.3 is 0 Å². The van der Waals surface area contributed by atoms with E-state index in [4.69, 9.17) is 0 Å². The van der Waals surface area contributed by atoms with Gasteiger partial charge in [0.2, 0.25) is 11.8 Å². The summed E-state index contributed by atoms with van der Waals surface area (Å²) in [4.78, 5) is 48.0. The van der Waals surface area contributed by atoms with Crippen molar-refractivity contribution in [3.8, 4) is 11.8 Å². The molecule has 2 heterocycles. The summed E-state index contributed by atoms with van der Waals surface area (Å²) in [7, 11) is 1.67. The van der Waals surface area contributed by atoms with E-state index in [1.807, 2.05) is 18.2 Å². The maximum atomic E-state index is 12.8. The lowest BCUT2D eigenvalue weighted by Gasteiger charge is -2.23. The highest BCUT2D eigenvalue weighted by Crippen LogP contribution is 2.29. The second-order valence-corrected chi connectivity index (χ2v) is 8.31. The maximum absolute atomic E-state index is 12.8. The number of Topliss-reactive ketones (excluding diaryl/α,β-unsaturated/α-hetero) is 1. The van der Waals surface area contributed by atoms with Gasteiger partial charge in [0.15, 0.2) is 0 Å². The van der Waals surface area contributed by atoms with Gasteiger partial charge in [-0.1, -0.05) is 11.8 Å². The number of imide groups is 1. The quantitative estimate of drug-likeness (QED) is 0.610. The van der Waals surface area contributed by atoms with Crippen LogP contribution in [-0.4, -0.2) is 26.7 Å². The number of aromatic nitrogens is 2. The number of benzene rings is 1. The van der Waals surface area contributed by atoms with Gasteiger partial charge in [0, 0.05) is 30.9 Å². The standard InChI is InChI=1S/C23H25N3O4/c1-14(27)17-8-5-15(6-9-17)3-4-16-7-10-18-20(13-16)25(2)23(30)26(18)19-11-12-21(28)24-22(19)29/h7,10,13,15,17,19H,5-6,8-9,11-12H2,1-2H3,(H,24,28,29)/t15-,17+,19?. The fraction of sp³-hybridized carbons (Fsp3) is 0.478. The lowest BCUT2D eigenvalue weighted by atomic mass is 9.80. The van der Waals surface area contributed by atoms with E-state index in [2.05, 4.69) is 17.2 Å². The molecule has 4 rings (SSSR count). The zero-order valence-corrected chi connectivity index (χ0v) is 17.2. The fourth-order valence-corrected chi connectivity index (χ4v) is 4.50. The minimum absolute atomic E-state index is 0.181. The number of hydrogen-bond acceptors (Lipinski definition) is 4. The van der Waals surface area contributed by atoms with Crippen molar-refractivity contribution >= 4 is 28.6 Å². The third-order valence-electron chi connectivity index (χ3n) is 6.33. The number of piperidine rings is 1. The van der Waals surface area contributed by atoms with E-state index in [-0.39, 0.29) is 35.6 Å². The molecular weight excluding hydrogens is 382 g/mol. The number of imidazole rings is 1. The molecule has 156 valence electrons. The summed E-state index contributed by atoms with van der Waals surface area (Å²) in [6.45, 7) is 1.66. The number of nitrogens with zero attached hydrogens (tertiary/aromatic N) is 2. The van der Waals surface area contributed by atoms with Gasteiger partial charge in [0.25, 0.3) is 0 Å². The van der Waals surface area contributed by atoms with Crippen molar-refractivity contribution in [1.29, 1.82) is 0 Å². The molecule has 0 spiro atoms. The molecule has 1 unspecified atom stereocenters. The largest absolute Gasteiger partial charge is 0.329 e. The normalized spacial score (nSPS) is 24.3. The number of hydrogen-bond donors (Lipinski definition) is 1. The first-order valence-corrected chi connectivity index (χ1v) is 10.4. The Morgan fingerprint density at radius 2 is 1.80 bits per heavy atom. The van der Waals surface area contributed by atoms with Crippen LogP contribution in [0.5, 0.6) is 0 Å². The van der Waals surface area contributed by atoms with Crippen LogP contribution in [0.3, 0.4) is 0 Å². The number of fused-ring (bicyclic) bond motifs is 1. The van der Waals surface area contributed by atoms with Crippen molar-refractivity contribution in [2.24, 2.45) is 18.9 Å². The fourth-order valence-electron chi connectivity index (χ4n) is 4.50. The summed E-state index contributed by atoms with van der Waals surface area (Å²) < 4.78 is 2.99. The second-order valence-electron chi connectivity index (χ2n) is 8.31. The van der Waals surface area contributed by atoms with Crippen molar-refractivity contribution < 1.29 is 14.4 Å². The van der Waals surface area contributed by atoms with Gasteiger partial charge >= 0.3 is 5.69 Å². The first-order chi connectivity index (χ1) is 14.3. The SMILES string of the molecule is CC(=O)[C@H]1CC[C@@H](C#Cc2ccc3c(c2)n(C)c(=O)n3C2CCC(=O)NC2=O)CC1. The monoisotopic (exact) mass is 407 g/mol.